The zero-order chi connectivity index (χ0) is 28.8. The molecule has 1 radical (unpaired) electrons. The zero-order valence-electron chi connectivity index (χ0n) is 24.7. The van der Waals surface area contributed by atoms with E-state index in [1.54, 1.807) is 7.11 Å². The van der Waals surface area contributed by atoms with E-state index in [1.807, 2.05) is 0 Å². The summed E-state index contributed by atoms with van der Waals surface area (Å²) in [5.74, 6) is 6.63. The molecular weight excluding hydrogens is 497 g/mol. The monoisotopic (exact) mass is 534 g/mol. The molecule has 41 heavy (non-hydrogen) atoms. The Morgan fingerprint density at radius 2 is 0.976 bits per heavy atom. The molecular formula is C38H37BNO. The molecule has 0 atom stereocenters. The van der Waals surface area contributed by atoms with Crippen molar-refractivity contribution in [3.8, 4) is 11.8 Å². The molecule has 0 fully saturated rings. The van der Waals surface area contributed by atoms with Gasteiger partial charge in [-0.1, -0.05) is 127 Å². The lowest BCUT2D eigenvalue weighted by Gasteiger charge is -2.33. The first-order chi connectivity index (χ1) is 19.8. The van der Waals surface area contributed by atoms with Crippen LogP contribution in [0.3, 0.4) is 0 Å². The number of ether oxygens (including phenoxy) is 1. The molecule has 0 heterocycles. The van der Waals surface area contributed by atoms with Gasteiger partial charge < -0.3 is 9.22 Å². The smallest absolute Gasteiger partial charge is 0.107 e. The molecule has 0 spiro atoms. The van der Waals surface area contributed by atoms with Crippen LogP contribution in [0, 0.1) is 11.8 Å². The first-order valence-corrected chi connectivity index (χ1v) is 14.1. The largest absolute Gasteiger partial charge is 0.372 e. The molecule has 0 unspecified atom stereocenters. The number of hydrogen-bond donors (Lipinski definition) is 0. The Morgan fingerprint density at radius 3 is 1.44 bits per heavy atom. The second-order valence-corrected chi connectivity index (χ2v) is 11.9. The lowest BCUT2D eigenvalue weighted by atomic mass is 9.36. The predicted octanol–water partition coefficient (Wildman–Crippen LogP) is 5.98. The van der Waals surface area contributed by atoms with Crippen LogP contribution >= 0.6 is 0 Å². The van der Waals surface area contributed by atoms with Crippen LogP contribution < -0.4 is 16.4 Å². The maximum absolute atomic E-state index is 5.24. The fourth-order valence-corrected chi connectivity index (χ4v) is 5.13. The average Bonchev–Trinajstić information content (AvgIpc) is 2.96. The van der Waals surface area contributed by atoms with Crippen LogP contribution in [0.2, 0.25) is 0 Å². The summed E-state index contributed by atoms with van der Waals surface area (Å²) in [6.07, 6.45) is 0. The quantitative estimate of drug-likeness (QED) is 0.154. The van der Waals surface area contributed by atoms with E-state index in [-0.39, 0.29) is 6.71 Å². The summed E-state index contributed by atoms with van der Waals surface area (Å²) in [5, 5.41) is 7.39. The van der Waals surface area contributed by atoms with E-state index in [2.05, 4.69) is 161 Å². The van der Waals surface area contributed by atoms with Crippen molar-refractivity contribution in [3.63, 3.8) is 0 Å². The molecule has 0 aliphatic heterocycles. The summed E-state index contributed by atoms with van der Waals surface area (Å²) in [7, 11) is 10.2. The van der Waals surface area contributed by atoms with Gasteiger partial charge in [0.05, 0.1) is 28.2 Å². The van der Waals surface area contributed by atoms with Crippen LogP contribution in [0.5, 0.6) is 0 Å². The molecule has 6 aromatic carbocycles. The first kappa shape index (κ1) is 28.2. The van der Waals surface area contributed by atoms with Gasteiger partial charge in [-0.3, -0.25) is 0 Å². The molecule has 6 aromatic rings. The van der Waals surface area contributed by atoms with Crippen molar-refractivity contribution < 1.29 is 9.22 Å². The van der Waals surface area contributed by atoms with Crippen molar-refractivity contribution in [3.05, 3.63) is 127 Å². The Hall–Kier alpha value is -4.36. The third kappa shape index (κ3) is 7.05. The molecule has 0 bridgehead atoms. The number of quaternary nitrogens is 1. The van der Waals surface area contributed by atoms with Crippen molar-refractivity contribution in [1.82, 2.24) is 0 Å². The van der Waals surface area contributed by atoms with E-state index >= 15 is 0 Å². The highest BCUT2D eigenvalue weighted by Crippen LogP contribution is 2.18. The summed E-state index contributed by atoms with van der Waals surface area (Å²) in [5.41, 5.74) is 4.77. The number of hydrogen-bond acceptors (Lipinski definition) is 1. The molecule has 0 saturated carbocycles. The van der Waals surface area contributed by atoms with E-state index in [0.29, 0.717) is 6.61 Å². The zero-order valence-corrected chi connectivity index (χ0v) is 24.7. The van der Waals surface area contributed by atoms with Gasteiger partial charge in [0.15, 0.2) is 0 Å². The second kappa shape index (κ2) is 12.4. The number of nitrogens with zero attached hydrogens (tertiary/aromatic N) is 1. The molecule has 3 heteroatoms. The number of rotatable bonds is 4. The minimum atomic E-state index is 0.0377. The van der Waals surface area contributed by atoms with Crippen LogP contribution in [0.4, 0.5) is 0 Å². The molecule has 203 valence electrons. The van der Waals surface area contributed by atoms with E-state index in [4.69, 9.17) is 4.74 Å². The molecule has 0 aliphatic carbocycles. The molecule has 0 N–H and O–H groups in total. The predicted molar refractivity (Wildman–Crippen MR) is 179 cm³/mol. The molecule has 0 aromatic heterocycles. The van der Waals surface area contributed by atoms with Gasteiger partial charge in [-0.2, -0.15) is 0 Å². The van der Waals surface area contributed by atoms with Gasteiger partial charge in [0.2, 0.25) is 0 Å². The van der Waals surface area contributed by atoms with Crippen LogP contribution in [0.1, 0.15) is 5.56 Å². The first-order valence-electron chi connectivity index (χ1n) is 14.1. The second-order valence-electron chi connectivity index (χ2n) is 11.9. The van der Waals surface area contributed by atoms with Crippen LogP contribution in [0.15, 0.2) is 121 Å². The fraction of sp³-hybridized carbons (Fsp3) is 0.158. The lowest BCUT2D eigenvalue weighted by Crippen LogP contribution is -2.53. The van der Waals surface area contributed by atoms with Crippen molar-refractivity contribution in [2.24, 2.45) is 0 Å². The van der Waals surface area contributed by atoms with Gasteiger partial charge in [-0.05, 0) is 50.7 Å². The number of fused-ring (bicyclic) bond motifs is 3. The maximum Gasteiger partial charge on any atom is 0.107 e. The maximum atomic E-state index is 5.24. The Labute approximate surface area is 244 Å². The van der Waals surface area contributed by atoms with Gasteiger partial charge in [-0.15, -0.1) is 0 Å². The van der Waals surface area contributed by atoms with Crippen molar-refractivity contribution in [1.29, 1.82) is 0 Å². The summed E-state index contributed by atoms with van der Waals surface area (Å²) in [4.78, 5) is 0. The Morgan fingerprint density at radius 1 is 0.561 bits per heavy atom. The van der Waals surface area contributed by atoms with E-state index in [0.717, 1.165) is 10.0 Å². The van der Waals surface area contributed by atoms with Crippen LogP contribution in [-0.4, -0.2) is 53.1 Å². The highest BCUT2D eigenvalue weighted by Gasteiger charge is 2.12. The lowest BCUT2D eigenvalue weighted by molar-refractivity contribution is -0.849. The standard InChI is InChI=1S/C34H25BO.C4H12N/c1-36-20-8-15-31-21-27-11-6-7-14-30(27)24-34(31)35(32-18-16-25-9-2-4-12-28(25)22-32)33-19-17-26-10-3-5-13-29(26)23-33;1-5(2,3)4/h2-7,9-14,16-19,21-24H,20H2,1H3;1-4H3/q-1;+1. The molecule has 6 rings (SSSR count). The highest BCUT2D eigenvalue weighted by molar-refractivity contribution is 6.96. The molecule has 2 nitrogen and oxygen atoms in total. The summed E-state index contributed by atoms with van der Waals surface area (Å²) >= 11 is 0. The fourth-order valence-electron chi connectivity index (χ4n) is 5.13. The van der Waals surface area contributed by atoms with Crippen molar-refractivity contribution >= 4 is 55.4 Å². The van der Waals surface area contributed by atoms with E-state index in [9.17, 15) is 0 Å². The SMILES string of the molecule is COCC#Cc1cc2ccccc2cc1[B-](c1ccc2ccccc2c1)c1ccc2ccccc2c1.C[N+](C)(C)C. The molecule has 0 aliphatic rings. The van der Waals surface area contributed by atoms with Gasteiger partial charge in [0.25, 0.3) is 0 Å². The van der Waals surface area contributed by atoms with Gasteiger partial charge in [0, 0.05) is 7.11 Å². The van der Waals surface area contributed by atoms with Gasteiger partial charge in [-0.25, -0.2) is 16.4 Å². The number of methoxy groups -OCH3 is 1. The number of benzene rings is 6. The Bertz CT molecular complexity index is 1790. The topological polar surface area (TPSA) is 9.23 Å². The Balaban J connectivity index is 0.000000623. The van der Waals surface area contributed by atoms with Crippen LogP contribution in [-0.2, 0) is 4.74 Å². The highest BCUT2D eigenvalue weighted by atomic mass is 16.5. The Kier molecular flexibility index (Phi) is 8.55. The van der Waals surface area contributed by atoms with E-state index in [1.165, 1.54) is 48.7 Å². The van der Waals surface area contributed by atoms with Crippen molar-refractivity contribution in [2.45, 2.75) is 0 Å². The van der Waals surface area contributed by atoms with Crippen molar-refractivity contribution in [2.75, 3.05) is 41.9 Å². The van der Waals surface area contributed by atoms with Gasteiger partial charge in [0.1, 0.15) is 6.61 Å². The van der Waals surface area contributed by atoms with E-state index < -0.39 is 0 Å². The summed E-state index contributed by atoms with van der Waals surface area (Å²) in [6, 6.07) is 43.8. The molecule has 0 amide bonds. The minimum Gasteiger partial charge on any atom is -0.372 e. The third-order valence-electron chi connectivity index (χ3n) is 6.88. The van der Waals surface area contributed by atoms with Crippen LogP contribution in [0.25, 0.3) is 32.3 Å². The summed E-state index contributed by atoms with van der Waals surface area (Å²) < 4.78 is 6.24. The average molecular weight is 535 g/mol. The normalized spacial score (nSPS) is 11.3. The summed E-state index contributed by atoms with van der Waals surface area (Å²) in [6.45, 7) is 0.443. The van der Waals surface area contributed by atoms with Gasteiger partial charge >= 0.3 is 0 Å². The molecule has 0 saturated heterocycles. The third-order valence-corrected chi connectivity index (χ3v) is 6.88. The minimum absolute atomic E-state index is 0.0377.